The van der Waals surface area contributed by atoms with E-state index in [0.717, 1.165) is 22.0 Å². The normalized spacial score (nSPS) is 26.7. The molecule has 1 spiro atoms. The summed E-state index contributed by atoms with van der Waals surface area (Å²) in [4.78, 5) is 11.3. The van der Waals surface area contributed by atoms with Crippen LogP contribution in [0, 0.1) is 5.92 Å². The Bertz CT molecular complexity index is 1230. The molecule has 4 heteroatoms. The Morgan fingerprint density at radius 3 is 2.97 bits per heavy atom. The first-order valence-corrected chi connectivity index (χ1v) is 11.4. The number of aromatic nitrogens is 1. The monoisotopic (exact) mass is 410 g/mol. The molecule has 1 aliphatic heterocycles. The molecule has 4 aliphatic rings. The molecule has 0 saturated carbocycles. The van der Waals surface area contributed by atoms with Gasteiger partial charge in [-0.1, -0.05) is 78.6 Å². The Kier molecular flexibility index (Phi) is 3.96. The minimum absolute atomic E-state index is 0.270. The number of nitrogens with zero attached hydrogens (tertiary/aromatic N) is 2. The third-order valence-corrected chi connectivity index (χ3v) is 7.86. The zero-order valence-electron chi connectivity index (χ0n) is 15.7. The molecule has 2 aromatic rings. The van der Waals surface area contributed by atoms with Crippen molar-refractivity contribution in [2.24, 2.45) is 10.9 Å². The van der Waals surface area contributed by atoms with Crippen molar-refractivity contribution >= 4 is 38.4 Å². The molecule has 0 fully saturated rings. The van der Waals surface area contributed by atoms with Gasteiger partial charge in [0.25, 0.3) is 0 Å². The molecule has 2 nitrogen and oxygen atoms in total. The minimum atomic E-state index is -0.291. The van der Waals surface area contributed by atoms with Gasteiger partial charge in [0.2, 0.25) is 0 Å². The van der Waals surface area contributed by atoms with E-state index in [1.165, 1.54) is 20.8 Å². The third-order valence-electron chi connectivity index (χ3n) is 5.70. The summed E-state index contributed by atoms with van der Waals surface area (Å²) in [7, 11) is 0. The Balaban J connectivity index is 1.31. The summed E-state index contributed by atoms with van der Waals surface area (Å²) in [5.74, 6) is 0.270. The highest BCUT2D eigenvalue weighted by Crippen LogP contribution is 2.55. The number of rotatable bonds is 3. The van der Waals surface area contributed by atoms with Gasteiger partial charge in [-0.2, -0.15) is 0 Å². The van der Waals surface area contributed by atoms with Crippen LogP contribution in [0.5, 0.6) is 0 Å². The molecule has 0 amide bonds. The minimum Gasteiger partial charge on any atom is -0.260 e. The molecule has 3 aliphatic carbocycles. The van der Waals surface area contributed by atoms with Gasteiger partial charge in [-0.05, 0) is 35.4 Å². The van der Waals surface area contributed by atoms with Crippen molar-refractivity contribution < 1.29 is 0 Å². The predicted molar refractivity (Wildman–Crippen MR) is 125 cm³/mol. The van der Waals surface area contributed by atoms with Gasteiger partial charge in [0.1, 0.15) is 5.54 Å². The molecule has 2 atom stereocenters. The van der Waals surface area contributed by atoms with E-state index in [1.807, 2.05) is 6.07 Å². The number of para-hydroxylation sites is 1. The topological polar surface area (TPSA) is 25.2 Å². The van der Waals surface area contributed by atoms with Crippen molar-refractivity contribution in [2.45, 2.75) is 12.0 Å². The number of fused-ring (bicyclic) bond motifs is 2. The van der Waals surface area contributed by atoms with E-state index in [0.29, 0.717) is 0 Å². The third kappa shape index (κ3) is 2.70. The molecule has 140 valence electrons. The van der Waals surface area contributed by atoms with E-state index in [1.54, 1.807) is 23.1 Å². The lowest BCUT2D eigenvalue weighted by atomic mass is 9.68. The van der Waals surface area contributed by atoms with Crippen LogP contribution >= 0.6 is 23.1 Å². The first-order chi connectivity index (χ1) is 14.3. The molecule has 0 radical (unpaired) electrons. The van der Waals surface area contributed by atoms with Gasteiger partial charge in [-0.3, -0.25) is 4.99 Å². The van der Waals surface area contributed by atoms with Crippen LogP contribution in [0.2, 0.25) is 0 Å². The largest absolute Gasteiger partial charge is 0.260 e. The quantitative estimate of drug-likeness (QED) is 0.590. The molecule has 0 saturated heterocycles. The predicted octanol–water partition coefficient (Wildman–Crippen LogP) is 6.34. The average molecular weight is 411 g/mol. The molecule has 1 aromatic carbocycles. The maximum absolute atomic E-state index is 5.28. The first kappa shape index (κ1) is 17.2. The highest BCUT2D eigenvalue weighted by molar-refractivity contribution is 8.18. The Morgan fingerprint density at radius 2 is 2.00 bits per heavy atom. The van der Waals surface area contributed by atoms with Gasteiger partial charge in [-0.25, -0.2) is 4.98 Å². The van der Waals surface area contributed by atoms with E-state index in [2.05, 4.69) is 85.0 Å². The van der Waals surface area contributed by atoms with Gasteiger partial charge in [0, 0.05) is 17.2 Å². The fourth-order valence-electron chi connectivity index (χ4n) is 4.38. The van der Waals surface area contributed by atoms with Crippen molar-refractivity contribution in [1.82, 2.24) is 4.98 Å². The molecular weight excluding hydrogens is 392 g/mol. The van der Waals surface area contributed by atoms with Gasteiger partial charge >= 0.3 is 0 Å². The van der Waals surface area contributed by atoms with Crippen LogP contribution in [-0.2, 0) is 6.42 Å². The van der Waals surface area contributed by atoms with E-state index in [9.17, 15) is 0 Å². The molecule has 0 N–H and O–H groups in total. The number of hydrogen-bond acceptors (Lipinski definition) is 4. The summed E-state index contributed by atoms with van der Waals surface area (Å²) < 4.78 is 1.25. The molecule has 1 aromatic heterocycles. The molecule has 2 heterocycles. The number of benzene rings is 1. The number of thioether (sulfide) groups is 1. The van der Waals surface area contributed by atoms with Crippen LogP contribution in [-0.4, -0.2) is 15.6 Å². The SMILES string of the molecule is C1=CC2=CC=C3C=CC=C4SC(C=CCc5nc6ccccc6s5)=NC34C2C=C1. The van der Waals surface area contributed by atoms with Crippen LogP contribution in [0.4, 0.5) is 0 Å². The van der Waals surface area contributed by atoms with Crippen LogP contribution < -0.4 is 0 Å². The highest BCUT2D eigenvalue weighted by atomic mass is 32.2. The smallest absolute Gasteiger partial charge is 0.128 e. The lowest BCUT2D eigenvalue weighted by Crippen LogP contribution is -2.40. The van der Waals surface area contributed by atoms with Crippen molar-refractivity contribution in [1.29, 1.82) is 0 Å². The number of allylic oxidation sites excluding steroid dienone is 8. The molecular formula is C25H18N2S2. The summed E-state index contributed by atoms with van der Waals surface area (Å²) in [5.41, 5.74) is 3.41. The zero-order chi connectivity index (χ0) is 19.3. The lowest BCUT2D eigenvalue weighted by Gasteiger charge is -2.40. The van der Waals surface area contributed by atoms with Gasteiger partial charge in [0.15, 0.2) is 0 Å². The summed E-state index contributed by atoms with van der Waals surface area (Å²) in [5, 5.41) is 2.22. The van der Waals surface area contributed by atoms with E-state index >= 15 is 0 Å². The summed E-state index contributed by atoms with van der Waals surface area (Å²) >= 11 is 3.56. The molecule has 29 heavy (non-hydrogen) atoms. The fourth-order valence-corrected chi connectivity index (χ4v) is 6.50. The second-order valence-electron chi connectivity index (χ2n) is 7.40. The van der Waals surface area contributed by atoms with E-state index in [-0.39, 0.29) is 11.5 Å². The van der Waals surface area contributed by atoms with Gasteiger partial charge in [0.05, 0.1) is 20.3 Å². The van der Waals surface area contributed by atoms with Crippen molar-refractivity contribution in [3.05, 3.63) is 112 Å². The second-order valence-corrected chi connectivity index (χ2v) is 9.58. The van der Waals surface area contributed by atoms with Crippen LogP contribution in [0.1, 0.15) is 5.01 Å². The first-order valence-electron chi connectivity index (χ1n) is 9.78. The van der Waals surface area contributed by atoms with Crippen molar-refractivity contribution in [2.75, 3.05) is 0 Å². The number of aliphatic imine (C=N–C) groups is 1. The standard InChI is InChI=1S/C25H18N2S2/c1-2-9-19-17(7-1)15-16-18-8-5-12-22-25(18,19)27-24(29-22)14-6-13-23-26-20-10-3-4-11-21(20)28-23/h1-12,14-16,19H,13H2. The number of thiazole rings is 1. The number of hydrogen-bond donors (Lipinski definition) is 0. The zero-order valence-corrected chi connectivity index (χ0v) is 17.3. The Hall–Kier alpha value is -2.69. The van der Waals surface area contributed by atoms with Crippen LogP contribution in [0.25, 0.3) is 10.2 Å². The van der Waals surface area contributed by atoms with E-state index in [4.69, 9.17) is 9.98 Å². The summed E-state index contributed by atoms with van der Waals surface area (Å²) in [6, 6.07) is 8.32. The molecule has 6 rings (SSSR count). The molecule has 2 unspecified atom stereocenters. The Morgan fingerprint density at radius 1 is 1.03 bits per heavy atom. The van der Waals surface area contributed by atoms with Gasteiger partial charge in [-0.15, -0.1) is 11.3 Å². The second kappa shape index (κ2) is 6.68. The van der Waals surface area contributed by atoms with Crippen molar-refractivity contribution in [3.8, 4) is 0 Å². The van der Waals surface area contributed by atoms with Crippen LogP contribution in [0.3, 0.4) is 0 Å². The maximum atomic E-state index is 5.28. The van der Waals surface area contributed by atoms with E-state index < -0.39 is 0 Å². The molecule has 0 bridgehead atoms. The van der Waals surface area contributed by atoms with Gasteiger partial charge < -0.3 is 0 Å². The summed E-state index contributed by atoms with van der Waals surface area (Å²) in [6.07, 6.45) is 25.0. The van der Waals surface area contributed by atoms with Crippen LogP contribution in [0.15, 0.2) is 112 Å². The van der Waals surface area contributed by atoms with Crippen molar-refractivity contribution in [3.63, 3.8) is 0 Å². The average Bonchev–Trinajstić information content (AvgIpc) is 3.34. The fraction of sp³-hybridized carbons (Fsp3) is 0.120. The summed E-state index contributed by atoms with van der Waals surface area (Å²) in [6.45, 7) is 0. The maximum Gasteiger partial charge on any atom is 0.128 e. The lowest BCUT2D eigenvalue weighted by molar-refractivity contribution is 0.512. The Labute approximate surface area is 178 Å². The highest BCUT2D eigenvalue weighted by Gasteiger charge is 2.50.